The third kappa shape index (κ3) is 3.67. The highest BCUT2D eigenvalue weighted by atomic mass is 32.2. The van der Waals surface area contributed by atoms with Crippen LogP contribution in [0.5, 0.6) is 0 Å². The Morgan fingerprint density at radius 2 is 1.91 bits per heavy atom. The molecule has 1 aromatic carbocycles. The predicted molar refractivity (Wildman–Crippen MR) is 89.4 cm³/mol. The van der Waals surface area contributed by atoms with Crippen molar-refractivity contribution in [3.05, 3.63) is 24.3 Å². The zero-order valence-corrected chi connectivity index (χ0v) is 14.2. The van der Waals surface area contributed by atoms with Crippen LogP contribution in [-0.4, -0.2) is 64.2 Å². The van der Waals surface area contributed by atoms with E-state index < -0.39 is 9.84 Å². The topological polar surface area (TPSA) is 69.7 Å². The number of benzene rings is 1. The van der Waals surface area contributed by atoms with Gasteiger partial charge in [-0.2, -0.15) is 0 Å². The first kappa shape index (κ1) is 16.3. The fraction of sp³-hybridized carbons (Fsp3) is 0.562. The Hall–Kier alpha value is -1.60. The fourth-order valence-electron chi connectivity index (χ4n) is 3.36. The minimum absolute atomic E-state index is 0.176. The van der Waals surface area contributed by atoms with Crippen LogP contribution in [0.15, 0.2) is 29.2 Å². The molecule has 126 valence electrons. The number of sulfone groups is 1. The smallest absolute Gasteiger partial charge is 0.236 e. The van der Waals surface area contributed by atoms with Crippen LogP contribution in [0.3, 0.4) is 0 Å². The molecule has 1 aromatic rings. The quantitative estimate of drug-likeness (QED) is 0.869. The summed E-state index contributed by atoms with van der Waals surface area (Å²) in [6.45, 7) is 3.80. The third-order valence-electron chi connectivity index (χ3n) is 4.59. The molecule has 3 rings (SSSR count). The van der Waals surface area contributed by atoms with E-state index in [-0.39, 0.29) is 11.9 Å². The molecule has 2 aliphatic heterocycles. The first-order chi connectivity index (χ1) is 10.9. The van der Waals surface area contributed by atoms with Crippen molar-refractivity contribution in [2.45, 2.75) is 23.8 Å². The molecule has 7 heteroatoms. The Kier molecular flexibility index (Phi) is 4.59. The van der Waals surface area contributed by atoms with E-state index in [0.29, 0.717) is 11.4 Å². The number of rotatable bonds is 3. The number of hydrogen-bond donors (Lipinski definition) is 1. The molecule has 23 heavy (non-hydrogen) atoms. The van der Waals surface area contributed by atoms with Gasteiger partial charge in [-0.05, 0) is 37.1 Å². The number of hydrogen-bond acceptors (Lipinski definition) is 5. The highest BCUT2D eigenvalue weighted by Crippen LogP contribution is 2.24. The molecule has 1 atom stereocenters. The summed E-state index contributed by atoms with van der Waals surface area (Å²) in [7, 11) is -3.16. The van der Waals surface area contributed by atoms with Gasteiger partial charge in [0, 0.05) is 44.2 Å². The predicted octanol–water partition coefficient (Wildman–Crippen LogP) is 0.491. The zero-order valence-electron chi connectivity index (χ0n) is 13.4. The number of nitrogens with zero attached hydrogens (tertiary/aromatic N) is 2. The van der Waals surface area contributed by atoms with Gasteiger partial charge in [0.2, 0.25) is 5.91 Å². The molecule has 2 heterocycles. The van der Waals surface area contributed by atoms with Crippen molar-refractivity contribution in [1.29, 1.82) is 0 Å². The Balaban J connectivity index is 1.72. The molecule has 2 saturated heterocycles. The van der Waals surface area contributed by atoms with Gasteiger partial charge in [0.25, 0.3) is 0 Å². The Morgan fingerprint density at radius 3 is 2.57 bits per heavy atom. The molecule has 2 aliphatic rings. The zero-order chi connectivity index (χ0) is 16.4. The van der Waals surface area contributed by atoms with E-state index in [1.54, 1.807) is 12.1 Å². The summed E-state index contributed by atoms with van der Waals surface area (Å²) in [4.78, 5) is 16.6. The monoisotopic (exact) mass is 337 g/mol. The van der Waals surface area contributed by atoms with E-state index in [0.717, 1.165) is 44.7 Å². The summed E-state index contributed by atoms with van der Waals surface area (Å²) in [6, 6.07) is 7.28. The van der Waals surface area contributed by atoms with E-state index in [4.69, 9.17) is 0 Å². The van der Waals surface area contributed by atoms with E-state index in [2.05, 4.69) is 10.2 Å². The Bertz CT molecular complexity index is 672. The van der Waals surface area contributed by atoms with Gasteiger partial charge in [0.1, 0.15) is 0 Å². The second-order valence-electron chi connectivity index (χ2n) is 6.27. The van der Waals surface area contributed by atoms with Gasteiger partial charge in [-0.15, -0.1) is 0 Å². The fourth-order valence-corrected chi connectivity index (χ4v) is 3.99. The normalized spacial score (nSPS) is 23.2. The van der Waals surface area contributed by atoms with E-state index in [1.165, 1.54) is 6.26 Å². The van der Waals surface area contributed by atoms with Gasteiger partial charge in [-0.25, -0.2) is 8.42 Å². The van der Waals surface area contributed by atoms with E-state index in [1.807, 2.05) is 17.0 Å². The summed E-state index contributed by atoms with van der Waals surface area (Å²) in [5.74, 6) is 0.176. The number of nitrogens with one attached hydrogen (secondary N) is 1. The van der Waals surface area contributed by atoms with E-state index >= 15 is 0 Å². The van der Waals surface area contributed by atoms with Gasteiger partial charge in [0.05, 0.1) is 11.4 Å². The van der Waals surface area contributed by atoms with Crippen molar-refractivity contribution in [1.82, 2.24) is 10.2 Å². The van der Waals surface area contributed by atoms with Crippen molar-refractivity contribution in [2.75, 3.05) is 43.9 Å². The van der Waals surface area contributed by atoms with Crippen molar-refractivity contribution < 1.29 is 13.2 Å². The maximum atomic E-state index is 12.1. The van der Waals surface area contributed by atoms with Crippen molar-refractivity contribution >= 4 is 21.4 Å². The summed E-state index contributed by atoms with van der Waals surface area (Å²) < 4.78 is 23.1. The molecule has 0 spiro atoms. The number of anilines is 1. The molecule has 0 radical (unpaired) electrons. The van der Waals surface area contributed by atoms with Crippen LogP contribution in [0.2, 0.25) is 0 Å². The maximum absolute atomic E-state index is 12.1. The number of piperidine rings is 1. The molecule has 2 fully saturated rings. The first-order valence-corrected chi connectivity index (χ1v) is 9.89. The summed E-state index contributed by atoms with van der Waals surface area (Å²) in [5.41, 5.74) is 1.02. The molecule has 1 unspecified atom stereocenters. The number of piperazine rings is 1. The standard InChI is InChI=1S/C16H23N3O3S/c1-23(21,22)15-6-4-13(5-7-15)18-9-2-3-14(12-18)19-10-8-17-11-16(19)20/h4-7,14,17H,2-3,8-12H2,1H3. The molecular formula is C16H23N3O3S. The Morgan fingerprint density at radius 1 is 1.17 bits per heavy atom. The van der Waals surface area contributed by atoms with Crippen LogP contribution in [0.4, 0.5) is 5.69 Å². The summed E-state index contributed by atoms with van der Waals surface area (Å²) in [6.07, 6.45) is 3.29. The van der Waals surface area contributed by atoms with Crippen LogP contribution in [0.1, 0.15) is 12.8 Å². The number of carbonyl (C=O) groups is 1. The first-order valence-electron chi connectivity index (χ1n) is 8.00. The molecule has 1 N–H and O–H groups in total. The molecule has 0 aliphatic carbocycles. The highest BCUT2D eigenvalue weighted by Gasteiger charge is 2.30. The molecule has 1 amide bonds. The summed E-state index contributed by atoms with van der Waals surface area (Å²) >= 11 is 0. The van der Waals surface area contributed by atoms with Gasteiger partial charge in [-0.3, -0.25) is 4.79 Å². The third-order valence-corrected chi connectivity index (χ3v) is 5.72. The molecule has 6 nitrogen and oxygen atoms in total. The Labute approximate surface area is 137 Å². The maximum Gasteiger partial charge on any atom is 0.236 e. The van der Waals surface area contributed by atoms with Crippen LogP contribution in [-0.2, 0) is 14.6 Å². The second kappa shape index (κ2) is 6.49. The van der Waals surface area contributed by atoms with Crippen molar-refractivity contribution in [3.8, 4) is 0 Å². The lowest BCUT2D eigenvalue weighted by Crippen LogP contribution is -2.57. The van der Waals surface area contributed by atoms with Crippen LogP contribution in [0, 0.1) is 0 Å². The second-order valence-corrected chi connectivity index (χ2v) is 8.29. The lowest BCUT2D eigenvalue weighted by Gasteiger charge is -2.42. The molecule has 0 aromatic heterocycles. The van der Waals surface area contributed by atoms with Gasteiger partial charge in [0.15, 0.2) is 9.84 Å². The lowest BCUT2D eigenvalue weighted by atomic mass is 10.0. The molecule has 0 saturated carbocycles. The molecule has 0 bridgehead atoms. The van der Waals surface area contributed by atoms with E-state index in [9.17, 15) is 13.2 Å². The minimum atomic E-state index is -3.16. The number of amides is 1. The van der Waals surface area contributed by atoms with Gasteiger partial charge in [-0.1, -0.05) is 0 Å². The summed E-state index contributed by atoms with van der Waals surface area (Å²) in [5, 5.41) is 3.11. The average molecular weight is 337 g/mol. The SMILES string of the molecule is CS(=O)(=O)c1ccc(N2CCCC(N3CCNCC3=O)C2)cc1. The van der Waals surface area contributed by atoms with Crippen LogP contribution in [0.25, 0.3) is 0 Å². The minimum Gasteiger partial charge on any atom is -0.369 e. The van der Waals surface area contributed by atoms with Crippen molar-refractivity contribution in [3.63, 3.8) is 0 Å². The van der Waals surface area contributed by atoms with Gasteiger partial charge >= 0.3 is 0 Å². The average Bonchev–Trinajstić information content (AvgIpc) is 2.55. The van der Waals surface area contributed by atoms with Crippen molar-refractivity contribution in [2.24, 2.45) is 0 Å². The number of carbonyl (C=O) groups excluding carboxylic acids is 1. The largest absolute Gasteiger partial charge is 0.369 e. The lowest BCUT2D eigenvalue weighted by molar-refractivity contribution is -0.134. The highest BCUT2D eigenvalue weighted by molar-refractivity contribution is 7.90. The van der Waals surface area contributed by atoms with Crippen LogP contribution >= 0.6 is 0 Å². The molecular weight excluding hydrogens is 314 g/mol. The van der Waals surface area contributed by atoms with Crippen LogP contribution < -0.4 is 10.2 Å². The van der Waals surface area contributed by atoms with Gasteiger partial charge < -0.3 is 15.1 Å².